The molecule has 1 saturated carbocycles. The van der Waals surface area contributed by atoms with Gasteiger partial charge in [-0.25, -0.2) is 0 Å². The normalized spacial score (nSPS) is 13.2. The van der Waals surface area contributed by atoms with Crippen molar-refractivity contribution >= 4 is 16.7 Å². The van der Waals surface area contributed by atoms with Crippen LogP contribution < -0.4 is 10.1 Å². The summed E-state index contributed by atoms with van der Waals surface area (Å²) in [5.74, 6) is 0.804. The molecule has 0 spiro atoms. The number of para-hydroxylation sites is 1. The lowest BCUT2D eigenvalue weighted by Gasteiger charge is -2.13. The van der Waals surface area contributed by atoms with E-state index in [1.807, 2.05) is 43.3 Å². The van der Waals surface area contributed by atoms with Crippen molar-refractivity contribution in [3.05, 3.63) is 77.5 Å². The van der Waals surface area contributed by atoms with Gasteiger partial charge in [0, 0.05) is 27.9 Å². The van der Waals surface area contributed by atoms with E-state index in [1.165, 1.54) is 0 Å². The minimum atomic E-state index is -0.00534. The fraction of sp³-hybridized carbons (Fsp3) is 0.222. The monoisotopic (exact) mass is 423 g/mol. The first-order valence-corrected chi connectivity index (χ1v) is 10.9. The molecule has 1 amide bonds. The van der Waals surface area contributed by atoms with Crippen LogP contribution in [0.5, 0.6) is 5.75 Å². The first kappa shape index (κ1) is 20.2. The molecule has 1 heterocycles. The summed E-state index contributed by atoms with van der Waals surface area (Å²) in [5, 5.41) is 13.8. The van der Waals surface area contributed by atoms with Crippen LogP contribution in [0.15, 0.2) is 60.8 Å². The highest BCUT2D eigenvalue weighted by molar-refractivity contribution is 5.99. The molecule has 1 N–H and O–H groups in total. The lowest BCUT2D eigenvalue weighted by atomic mass is 9.95. The van der Waals surface area contributed by atoms with Gasteiger partial charge in [0.05, 0.1) is 13.3 Å². The van der Waals surface area contributed by atoms with Gasteiger partial charge in [0.25, 0.3) is 5.91 Å². The molecular formula is C27H25N3O2. The minimum Gasteiger partial charge on any atom is -0.496 e. The molecule has 5 rings (SSSR count). The first-order chi connectivity index (χ1) is 15.5. The number of aromatic nitrogens is 2. The van der Waals surface area contributed by atoms with Crippen molar-refractivity contribution in [3.8, 4) is 28.1 Å². The first-order valence-electron chi connectivity index (χ1n) is 10.9. The van der Waals surface area contributed by atoms with E-state index >= 15 is 0 Å². The Morgan fingerprint density at radius 2 is 1.84 bits per heavy atom. The molecule has 5 nitrogen and oxygen atoms in total. The molecular weight excluding hydrogens is 398 g/mol. The summed E-state index contributed by atoms with van der Waals surface area (Å²) in [5.41, 5.74) is 6.67. The van der Waals surface area contributed by atoms with E-state index in [0.717, 1.165) is 62.9 Å². The van der Waals surface area contributed by atoms with E-state index < -0.39 is 0 Å². The number of hydrogen-bond acceptors (Lipinski definition) is 4. The summed E-state index contributed by atoms with van der Waals surface area (Å²) in [6.45, 7) is 4.09. The Balaban J connectivity index is 1.58. The maximum Gasteiger partial charge on any atom is 0.251 e. The number of ether oxygens (including phenoxy) is 1. The summed E-state index contributed by atoms with van der Waals surface area (Å²) in [7, 11) is 1.68. The smallest absolute Gasteiger partial charge is 0.251 e. The Labute approximate surface area is 187 Å². The topological polar surface area (TPSA) is 64.1 Å². The van der Waals surface area contributed by atoms with Crippen molar-refractivity contribution in [3.63, 3.8) is 0 Å². The van der Waals surface area contributed by atoms with Crippen molar-refractivity contribution in [2.24, 2.45) is 0 Å². The van der Waals surface area contributed by atoms with Crippen LogP contribution in [-0.4, -0.2) is 29.3 Å². The van der Waals surface area contributed by atoms with Crippen LogP contribution in [0.4, 0.5) is 0 Å². The van der Waals surface area contributed by atoms with Gasteiger partial charge in [-0.1, -0.05) is 30.3 Å². The number of fused-ring (bicyclic) bond motifs is 1. The van der Waals surface area contributed by atoms with Crippen LogP contribution >= 0.6 is 0 Å². The molecule has 0 unspecified atom stereocenters. The average Bonchev–Trinajstić information content (AvgIpc) is 3.62. The van der Waals surface area contributed by atoms with Gasteiger partial charge in [0.1, 0.15) is 11.4 Å². The highest BCUT2D eigenvalue weighted by atomic mass is 16.5. The third-order valence-electron chi connectivity index (χ3n) is 6.06. The van der Waals surface area contributed by atoms with Crippen LogP contribution in [0.25, 0.3) is 33.2 Å². The summed E-state index contributed by atoms with van der Waals surface area (Å²) >= 11 is 0. The van der Waals surface area contributed by atoms with Crippen LogP contribution in [0, 0.1) is 13.8 Å². The summed E-state index contributed by atoms with van der Waals surface area (Å²) in [6, 6.07) is 18.5. The molecule has 1 aliphatic rings. The second-order valence-corrected chi connectivity index (χ2v) is 8.43. The van der Waals surface area contributed by atoms with Crippen molar-refractivity contribution < 1.29 is 9.53 Å². The highest BCUT2D eigenvalue weighted by Gasteiger charge is 2.24. The van der Waals surface area contributed by atoms with Crippen molar-refractivity contribution in [1.82, 2.24) is 15.5 Å². The van der Waals surface area contributed by atoms with E-state index in [-0.39, 0.29) is 5.91 Å². The molecule has 0 aliphatic heterocycles. The van der Waals surface area contributed by atoms with E-state index in [9.17, 15) is 4.79 Å². The number of hydrogen-bond donors (Lipinski definition) is 1. The number of methoxy groups -OCH3 is 1. The largest absolute Gasteiger partial charge is 0.496 e. The number of amides is 1. The van der Waals surface area contributed by atoms with Gasteiger partial charge in [-0.15, -0.1) is 5.10 Å². The Kier molecular flexibility index (Phi) is 5.10. The van der Waals surface area contributed by atoms with Crippen LogP contribution in [0.3, 0.4) is 0 Å². The molecule has 5 heteroatoms. The van der Waals surface area contributed by atoms with E-state index in [4.69, 9.17) is 4.74 Å². The second kappa shape index (κ2) is 8.08. The number of benzene rings is 3. The van der Waals surface area contributed by atoms with Crippen molar-refractivity contribution in [2.75, 3.05) is 7.11 Å². The predicted octanol–water partition coefficient (Wildman–Crippen LogP) is 5.48. The molecule has 4 aromatic rings. The molecule has 32 heavy (non-hydrogen) atoms. The molecule has 0 atom stereocenters. The number of carbonyl (C=O) groups is 1. The fourth-order valence-electron chi connectivity index (χ4n) is 4.13. The number of nitrogens with zero attached hydrogens (tertiary/aromatic N) is 2. The van der Waals surface area contributed by atoms with Crippen LogP contribution in [0.1, 0.15) is 34.3 Å². The summed E-state index contributed by atoms with van der Waals surface area (Å²) in [6.07, 6.45) is 3.93. The summed E-state index contributed by atoms with van der Waals surface area (Å²) < 4.78 is 5.65. The number of carbonyl (C=O) groups excluding carboxylic acids is 1. The maximum atomic E-state index is 12.6. The molecule has 3 aromatic carbocycles. The number of nitrogens with one attached hydrogen (secondary N) is 1. The molecule has 0 saturated heterocycles. The van der Waals surface area contributed by atoms with Gasteiger partial charge >= 0.3 is 0 Å². The lowest BCUT2D eigenvalue weighted by Crippen LogP contribution is -2.25. The van der Waals surface area contributed by atoms with Gasteiger partial charge in [0.15, 0.2) is 0 Å². The van der Waals surface area contributed by atoms with Gasteiger partial charge in [-0.2, -0.15) is 5.10 Å². The Hall–Kier alpha value is -3.73. The van der Waals surface area contributed by atoms with E-state index in [1.54, 1.807) is 13.3 Å². The quantitative estimate of drug-likeness (QED) is 0.462. The van der Waals surface area contributed by atoms with Crippen molar-refractivity contribution in [1.29, 1.82) is 0 Å². The Morgan fingerprint density at radius 1 is 1.00 bits per heavy atom. The van der Waals surface area contributed by atoms with E-state index in [0.29, 0.717) is 11.6 Å². The van der Waals surface area contributed by atoms with Gasteiger partial charge in [-0.3, -0.25) is 4.79 Å². The van der Waals surface area contributed by atoms with Crippen LogP contribution in [0.2, 0.25) is 0 Å². The summed E-state index contributed by atoms with van der Waals surface area (Å²) in [4.78, 5) is 12.6. The third kappa shape index (κ3) is 3.71. The van der Waals surface area contributed by atoms with Gasteiger partial charge < -0.3 is 10.1 Å². The lowest BCUT2D eigenvalue weighted by molar-refractivity contribution is 0.0951. The standard InChI is InChI=1S/C27H25N3O2/c1-16-7-8-19(27(31)29-21-10-11-21)14-24(16)18-9-12-22-20(13-18)15-28-30-25(22)23-6-4-5-17(2)26(23)32-3/h4-9,12-15,21H,10-11H2,1-3H3,(H,29,31). The van der Waals surface area contributed by atoms with Crippen LogP contribution in [-0.2, 0) is 0 Å². The Bertz CT molecular complexity index is 1340. The minimum absolute atomic E-state index is 0.00534. The maximum absolute atomic E-state index is 12.6. The fourth-order valence-corrected chi connectivity index (χ4v) is 4.13. The zero-order chi connectivity index (χ0) is 22.2. The molecule has 1 fully saturated rings. The van der Waals surface area contributed by atoms with E-state index in [2.05, 4.69) is 40.6 Å². The predicted molar refractivity (Wildman–Crippen MR) is 127 cm³/mol. The van der Waals surface area contributed by atoms with Crippen molar-refractivity contribution in [2.45, 2.75) is 32.7 Å². The SMILES string of the molecule is COc1c(C)cccc1-c1nncc2cc(-c3cc(C(=O)NC4CC4)ccc3C)ccc12. The highest BCUT2D eigenvalue weighted by Crippen LogP contribution is 2.36. The second-order valence-electron chi connectivity index (χ2n) is 8.43. The molecule has 1 aromatic heterocycles. The Morgan fingerprint density at radius 3 is 2.62 bits per heavy atom. The number of aryl methyl sites for hydroxylation is 2. The molecule has 1 aliphatic carbocycles. The van der Waals surface area contributed by atoms with Gasteiger partial charge in [-0.05, 0) is 73.2 Å². The molecule has 0 bridgehead atoms. The molecule has 0 radical (unpaired) electrons. The third-order valence-corrected chi connectivity index (χ3v) is 6.06. The average molecular weight is 424 g/mol. The zero-order valence-electron chi connectivity index (χ0n) is 18.5. The molecule has 160 valence electrons. The zero-order valence-corrected chi connectivity index (χ0v) is 18.5. The van der Waals surface area contributed by atoms with Gasteiger partial charge in [0.2, 0.25) is 0 Å². The number of rotatable bonds is 5.